The van der Waals surface area contributed by atoms with E-state index in [0.29, 0.717) is 22.5 Å². The number of carbonyl (C=O) groups excluding carboxylic acids is 1. The molecule has 1 heterocycles. The summed E-state index contributed by atoms with van der Waals surface area (Å²) < 4.78 is 39.2. The maximum atomic E-state index is 13.0. The molecule has 3 aromatic rings. The summed E-state index contributed by atoms with van der Waals surface area (Å²) >= 11 is 0. The SMILES string of the molecule is COc1cc(OC)cc(C(=O)Nc2cc3c(cc2S(=O)(=O)C(C)C)n(C)c(=O)n3C)c1. The smallest absolute Gasteiger partial charge is 0.328 e. The molecule has 0 spiro atoms. The Morgan fingerprint density at radius 3 is 1.94 bits per heavy atom. The number of anilines is 1. The molecule has 0 atom stereocenters. The standard InChI is InChI=1S/C21H25N3O6S/c1-12(2)31(27,28)19-11-18-17(23(3)21(26)24(18)4)10-16(19)22-20(25)13-7-14(29-5)9-15(8-13)30-6/h7-12H,1-6H3,(H,22,25). The zero-order chi connectivity index (χ0) is 23.1. The Labute approximate surface area is 180 Å². The molecule has 166 valence electrons. The van der Waals surface area contributed by atoms with Crippen molar-refractivity contribution in [1.82, 2.24) is 9.13 Å². The zero-order valence-electron chi connectivity index (χ0n) is 18.2. The number of hydrogen-bond donors (Lipinski definition) is 1. The van der Waals surface area contributed by atoms with Crippen molar-refractivity contribution < 1.29 is 22.7 Å². The fourth-order valence-corrected chi connectivity index (χ4v) is 4.45. The van der Waals surface area contributed by atoms with Crippen molar-refractivity contribution in [3.05, 3.63) is 46.4 Å². The number of benzene rings is 2. The van der Waals surface area contributed by atoms with E-state index in [-0.39, 0.29) is 21.8 Å². The second kappa shape index (κ2) is 8.10. The summed E-state index contributed by atoms with van der Waals surface area (Å²) in [7, 11) is 2.32. The van der Waals surface area contributed by atoms with Gasteiger partial charge in [-0.2, -0.15) is 0 Å². The van der Waals surface area contributed by atoms with Gasteiger partial charge in [-0.05, 0) is 38.1 Å². The quantitative estimate of drug-likeness (QED) is 0.621. The number of hydrogen-bond acceptors (Lipinski definition) is 6. The normalized spacial score (nSPS) is 11.7. The topological polar surface area (TPSA) is 109 Å². The van der Waals surface area contributed by atoms with E-state index in [1.54, 1.807) is 34.0 Å². The highest BCUT2D eigenvalue weighted by Gasteiger charge is 2.26. The number of sulfone groups is 1. The van der Waals surface area contributed by atoms with E-state index in [4.69, 9.17) is 9.47 Å². The van der Waals surface area contributed by atoms with Crippen molar-refractivity contribution in [3.63, 3.8) is 0 Å². The lowest BCUT2D eigenvalue weighted by molar-refractivity contribution is 0.102. The Balaban J connectivity index is 2.20. The lowest BCUT2D eigenvalue weighted by Crippen LogP contribution is -2.19. The predicted octanol–water partition coefficient (Wildman–Crippen LogP) is 2.33. The van der Waals surface area contributed by atoms with Crippen LogP contribution in [-0.4, -0.2) is 42.9 Å². The van der Waals surface area contributed by atoms with Crippen molar-refractivity contribution in [2.45, 2.75) is 24.0 Å². The van der Waals surface area contributed by atoms with Crippen LogP contribution in [0.2, 0.25) is 0 Å². The Hall–Kier alpha value is -3.27. The van der Waals surface area contributed by atoms with Gasteiger partial charge in [0, 0.05) is 25.7 Å². The minimum atomic E-state index is -3.76. The molecular formula is C21H25N3O6S. The molecule has 0 aliphatic rings. The third kappa shape index (κ3) is 3.90. The van der Waals surface area contributed by atoms with Crippen LogP contribution in [-0.2, 0) is 23.9 Å². The fourth-order valence-electron chi connectivity index (χ4n) is 3.25. The van der Waals surface area contributed by atoms with Crippen LogP contribution in [0.25, 0.3) is 11.0 Å². The summed E-state index contributed by atoms with van der Waals surface area (Å²) in [6.45, 7) is 3.12. The summed E-state index contributed by atoms with van der Waals surface area (Å²) in [5.41, 5.74) is 0.964. The highest BCUT2D eigenvalue weighted by Crippen LogP contribution is 2.31. The van der Waals surface area contributed by atoms with E-state index in [0.717, 1.165) is 0 Å². The van der Waals surface area contributed by atoms with Gasteiger partial charge < -0.3 is 14.8 Å². The van der Waals surface area contributed by atoms with Gasteiger partial charge in [-0.3, -0.25) is 13.9 Å². The lowest BCUT2D eigenvalue weighted by Gasteiger charge is -2.15. The Morgan fingerprint density at radius 2 is 1.45 bits per heavy atom. The van der Waals surface area contributed by atoms with Crippen LogP contribution in [0.3, 0.4) is 0 Å². The Kier molecular flexibility index (Phi) is 5.86. The number of methoxy groups -OCH3 is 2. The van der Waals surface area contributed by atoms with Crippen molar-refractivity contribution in [1.29, 1.82) is 0 Å². The van der Waals surface area contributed by atoms with Gasteiger partial charge in [0.1, 0.15) is 11.5 Å². The molecule has 1 aromatic heterocycles. The van der Waals surface area contributed by atoms with Crippen LogP contribution >= 0.6 is 0 Å². The van der Waals surface area contributed by atoms with Gasteiger partial charge in [-0.15, -0.1) is 0 Å². The second-order valence-electron chi connectivity index (χ2n) is 7.39. The molecular weight excluding hydrogens is 422 g/mol. The summed E-state index contributed by atoms with van der Waals surface area (Å²) in [6, 6.07) is 7.59. The molecule has 9 nitrogen and oxygen atoms in total. The van der Waals surface area contributed by atoms with Crippen LogP contribution < -0.4 is 20.5 Å². The average molecular weight is 448 g/mol. The van der Waals surface area contributed by atoms with Crippen LogP contribution in [0, 0.1) is 0 Å². The van der Waals surface area contributed by atoms with Crippen LogP contribution in [0.4, 0.5) is 5.69 Å². The third-order valence-corrected chi connectivity index (χ3v) is 7.35. The van der Waals surface area contributed by atoms with E-state index >= 15 is 0 Å². The van der Waals surface area contributed by atoms with Crippen molar-refractivity contribution >= 4 is 32.5 Å². The summed E-state index contributed by atoms with van der Waals surface area (Å²) in [5.74, 6) is 0.290. The zero-order valence-corrected chi connectivity index (χ0v) is 19.0. The molecule has 0 bridgehead atoms. The number of rotatable bonds is 6. The summed E-state index contributed by atoms with van der Waals surface area (Å²) in [6.07, 6.45) is 0. The molecule has 0 radical (unpaired) electrons. The van der Waals surface area contributed by atoms with Gasteiger partial charge in [0.2, 0.25) is 0 Å². The molecule has 1 N–H and O–H groups in total. The monoisotopic (exact) mass is 447 g/mol. The largest absolute Gasteiger partial charge is 0.497 e. The number of fused-ring (bicyclic) bond motifs is 1. The number of nitrogens with zero attached hydrogens (tertiary/aromatic N) is 2. The fraction of sp³-hybridized carbons (Fsp3) is 0.333. The van der Waals surface area contributed by atoms with Gasteiger partial charge in [0.25, 0.3) is 5.91 Å². The minimum absolute atomic E-state index is 0.0561. The molecule has 0 saturated heterocycles. The third-order valence-electron chi connectivity index (χ3n) is 5.16. The lowest BCUT2D eigenvalue weighted by atomic mass is 10.1. The molecule has 0 fully saturated rings. The van der Waals surface area contributed by atoms with Gasteiger partial charge in [0.05, 0.1) is 41.1 Å². The summed E-state index contributed by atoms with van der Waals surface area (Å²) in [4.78, 5) is 25.3. The molecule has 0 unspecified atom stereocenters. The van der Waals surface area contributed by atoms with E-state index < -0.39 is 21.0 Å². The van der Waals surface area contributed by atoms with Crippen LogP contribution in [0.15, 0.2) is 40.0 Å². The molecule has 3 rings (SSSR count). The molecule has 0 aliphatic heterocycles. The maximum absolute atomic E-state index is 13.0. The number of nitrogens with one attached hydrogen (secondary N) is 1. The molecule has 2 aromatic carbocycles. The molecule has 0 saturated carbocycles. The molecule has 10 heteroatoms. The number of ether oxygens (including phenoxy) is 2. The van der Waals surface area contributed by atoms with E-state index in [9.17, 15) is 18.0 Å². The Bertz CT molecular complexity index is 1310. The Morgan fingerprint density at radius 1 is 0.935 bits per heavy atom. The van der Waals surface area contributed by atoms with E-state index in [1.807, 2.05) is 0 Å². The first kappa shape index (κ1) is 22.4. The van der Waals surface area contributed by atoms with Crippen molar-refractivity contribution in [2.75, 3.05) is 19.5 Å². The van der Waals surface area contributed by atoms with Crippen molar-refractivity contribution in [3.8, 4) is 11.5 Å². The van der Waals surface area contributed by atoms with Crippen molar-refractivity contribution in [2.24, 2.45) is 14.1 Å². The first-order valence-corrected chi connectivity index (χ1v) is 11.0. The first-order valence-electron chi connectivity index (χ1n) is 9.49. The minimum Gasteiger partial charge on any atom is -0.497 e. The van der Waals surface area contributed by atoms with Gasteiger partial charge >= 0.3 is 5.69 Å². The van der Waals surface area contributed by atoms with Gasteiger partial charge in [-0.1, -0.05) is 0 Å². The predicted molar refractivity (Wildman–Crippen MR) is 118 cm³/mol. The van der Waals surface area contributed by atoms with Gasteiger partial charge in [-0.25, -0.2) is 13.2 Å². The summed E-state index contributed by atoms with van der Waals surface area (Å²) in [5, 5.41) is 1.96. The van der Waals surface area contributed by atoms with E-state index in [1.165, 1.54) is 47.6 Å². The number of amides is 1. The van der Waals surface area contributed by atoms with Crippen LogP contribution in [0.5, 0.6) is 11.5 Å². The first-order chi connectivity index (χ1) is 14.5. The number of imidazole rings is 1. The molecule has 0 aliphatic carbocycles. The van der Waals surface area contributed by atoms with Crippen LogP contribution in [0.1, 0.15) is 24.2 Å². The second-order valence-corrected chi connectivity index (χ2v) is 9.86. The highest BCUT2D eigenvalue weighted by atomic mass is 32.2. The average Bonchev–Trinajstić information content (AvgIpc) is 2.96. The number of aromatic nitrogens is 2. The number of aryl methyl sites for hydroxylation is 2. The molecule has 31 heavy (non-hydrogen) atoms. The van der Waals surface area contributed by atoms with Gasteiger partial charge in [0.15, 0.2) is 9.84 Å². The number of carbonyl (C=O) groups is 1. The molecule has 1 amide bonds. The van der Waals surface area contributed by atoms with E-state index in [2.05, 4.69) is 5.32 Å². The maximum Gasteiger partial charge on any atom is 0.328 e. The highest BCUT2D eigenvalue weighted by molar-refractivity contribution is 7.92.